The van der Waals surface area contributed by atoms with Crippen molar-refractivity contribution in [2.24, 2.45) is 23.3 Å². The normalized spacial score (nSPS) is 12.4. The standard InChI is InChI=1S/C21H38N2O2/c1-16(2)6-5-7-17(3)10-13-25-21-15-18(8-11-22)20(24-4)14-19(21)9-12-23/h14-17H,5-13,22-23H2,1-4H3. The van der Waals surface area contributed by atoms with Crippen molar-refractivity contribution in [3.8, 4) is 11.5 Å². The maximum atomic E-state index is 6.12. The summed E-state index contributed by atoms with van der Waals surface area (Å²) in [5, 5.41) is 0. The van der Waals surface area contributed by atoms with Crippen LogP contribution >= 0.6 is 0 Å². The number of hydrogen-bond donors (Lipinski definition) is 2. The van der Waals surface area contributed by atoms with Gasteiger partial charge in [-0.2, -0.15) is 0 Å². The van der Waals surface area contributed by atoms with Crippen LogP contribution in [0.4, 0.5) is 0 Å². The van der Waals surface area contributed by atoms with Gasteiger partial charge in [-0.25, -0.2) is 0 Å². The molecule has 144 valence electrons. The first kappa shape index (κ1) is 21.8. The molecule has 0 saturated carbocycles. The predicted molar refractivity (Wildman–Crippen MR) is 106 cm³/mol. The Balaban J connectivity index is 2.64. The number of methoxy groups -OCH3 is 1. The highest BCUT2D eigenvalue weighted by Gasteiger charge is 2.12. The van der Waals surface area contributed by atoms with Gasteiger partial charge in [0, 0.05) is 0 Å². The molecule has 0 fully saturated rings. The summed E-state index contributed by atoms with van der Waals surface area (Å²) in [4.78, 5) is 0. The maximum Gasteiger partial charge on any atom is 0.123 e. The summed E-state index contributed by atoms with van der Waals surface area (Å²) in [6.07, 6.45) is 6.55. The molecule has 1 atom stereocenters. The van der Waals surface area contributed by atoms with Crippen LogP contribution in [0.15, 0.2) is 12.1 Å². The Bertz CT molecular complexity index is 489. The molecular formula is C21H38N2O2. The first-order valence-corrected chi connectivity index (χ1v) is 9.74. The number of ether oxygens (including phenoxy) is 2. The van der Waals surface area contributed by atoms with Crippen molar-refractivity contribution in [3.05, 3.63) is 23.3 Å². The fourth-order valence-corrected chi connectivity index (χ4v) is 3.06. The van der Waals surface area contributed by atoms with Gasteiger partial charge in [0.05, 0.1) is 13.7 Å². The second-order valence-electron chi connectivity index (χ2n) is 7.42. The minimum atomic E-state index is 0.596. The first-order valence-electron chi connectivity index (χ1n) is 9.74. The minimum Gasteiger partial charge on any atom is -0.496 e. The van der Waals surface area contributed by atoms with Gasteiger partial charge >= 0.3 is 0 Å². The van der Waals surface area contributed by atoms with Gasteiger partial charge in [-0.05, 0) is 67.4 Å². The summed E-state index contributed by atoms with van der Waals surface area (Å²) in [7, 11) is 1.70. The van der Waals surface area contributed by atoms with Gasteiger partial charge in [0.1, 0.15) is 11.5 Å². The Kier molecular flexibility index (Phi) is 10.6. The fraction of sp³-hybridized carbons (Fsp3) is 0.714. The molecule has 0 aliphatic rings. The highest BCUT2D eigenvalue weighted by atomic mass is 16.5. The molecule has 1 rings (SSSR count). The molecule has 4 N–H and O–H groups in total. The number of hydrogen-bond acceptors (Lipinski definition) is 4. The van der Waals surface area contributed by atoms with Crippen molar-refractivity contribution < 1.29 is 9.47 Å². The Labute approximate surface area is 154 Å². The molecule has 0 spiro atoms. The molecule has 25 heavy (non-hydrogen) atoms. The third kappa shape index (κ3) is 8.10. The summed E-state index contributed by atoms with van der Waals surface area (Å²) in [6.45, 7) is 8.83. The van der Waals surface area contributed by atoms with Crippen LogP contribution in [0, 0.1) is 11.8 Å². The summed E-state index contributed by atoms with van der Waals surface area (Å²) < 4.78 is 11.6. The van der Waals surface area contributed by atoms with Gasteiger partial charge in [0.2, 0.25) is 0 Å². The second kappa shape index (κ2) is 12.2. The Morgan fingerprint density at radius 3 is 2.04 bits per heavy atom. The smallest absolute Gasteiger partial charge is 0.123 e. The molecule has 4 nitrogen and oxygen atoms in total. The first-order chi connectivity index (χ1) is 12.0. The lowest BCUT2D eigenvalue weighted by atomic mass is 9.97. The van der Waals surface area contributed by atoms with Crippen molar-refractivity contribution in [2.75, 3.05) is 26.8 Å². The topological polar surface area (TPSA) is 70.5 Å². The van der Waals surface area contributed by atoms with E-state index in [1.807, 2.05) is 0 Å². The van der Waals surface area contributed by atoms with Crippen LogP contribution in [-0.2, 0) is 12.8 Å². The van der Waals surface area contributed by atoms with Crippen molar-refractivity contribution in [1.82, 2.24) is 0 Å². The number of benzene rings is 1. The van der Waals surface area contributed by atoms with E-state index in [0.29, 0.717) is 19.0 Å². The van der Waals surface area contributed by atoms with Gasteiger partial charge < -0.3 is 20.9 Å². The van der Waals surface area contributed by atoms with Crippen LogP contribution in [-0.4, -0.2) is 26.8 Å². The van der Waals surface area contributed by atoms with Gasteiger partial charge in [-0.15, -0.1) is 0 Å². The Morgan fingerprint density at radius 1 is 0.880 bits per heavy atom. The molecule has 0 heterocycles. The van der Waals surface area contributed by atoms with E-state index in [-0.39, 0.29) is 0 Å². The molecule has 1 unspecified atom stereocenters. The van der Waals surface area contributed by atoms with Crippen LogP contribution in [0.3, 0.4) is 0 Å². The van der Waals surface area contributed by atoms with E-state index in [4.69, 9.17) is 20.9 Å². The lowest BCUT2D eigenvalue weighted by Gasteiger charge is -2.17. The molecule has 0 amide bonds. The third-order valence-electron chi connectivity index (χ3n) is 4.64. The molecule has 0 aromatic heterocycles. The van der Waals surface area contributed by atoms with Crippen molar-refractivity contribution in [2.45, 2.75) is 59.3 Å². The fourth-order valence-electron chi connectivity index (χ4n) is 3.06. The quantitative estimate of drug-likeness (QED) is 0.565. The van der Waals surface area contributed by atoms with Crippen LogP contribution in [0.2, 0.25) is 0 Å². The van der Waals surface area contributed by atoms with E-state index < -0.39 is 0 Å². The molecule has 1 aromatic rings. The van der Waals surface area contributed by atoms with Crippen LogP contribution in [0.5, 0.6) is 11.5 Å². The molecule has 0 aliphatic heterocycles. The molecule has 0 bridgehead atoms. The van der Waals surface area contributed by atoms with Crippen molar-refractivity contribution in [1.29, 1.82) is 0 Å². The Morgan fingerprint density at radius 2 is 1.48 bits per heavy atom. The number of nitrogens with two attached hydrogens (primary N) is 2. The van der Waals surface area contributed by atoms with Crippen molar-refractivity contribution in [3.63, 3.8) is 0 Å². The summed E-state index contributed by atoms with van der Waals surface area (Å²) in [6, 6.07) is 4.14. The second-order valence-corrected chi connectivity index (χ2v) is 7.42. The molecule has 4 heteroatoms. The van der Waals surface area contributed by atoms with Crippen LogP contribution in [0.25, 0.3) is 0 Å². The van der Waals surface area contributed by atoms with Crippen LogP contribution < -0.4 is 20.9 Å². The van der Waals surface area contributed by atoms with Gasteiger partial charge in [-0.3, -0.25) is 0 Å². The lowest BCUT2D eigenvalue weighted by molar-refractivity contribution is 0.272. The van der Waals surface area contributed by atoms with E-state index in [1.54, 1.807) is 7.11 Å². The third-order valence-corrected chi connectivity index (χ3v) is 4.64. The summed E-state index contributed by atoms with van der Waals surface area (Å²) in [5.74, 6) is 3.30. The summed E-state index contributed by atoms with van der Waals surface area (Å²) >= 11 is 0. The number of rotatable bonds is 13. The lowest BCUT2D eigenvalue weighted by Crippen LogP contribution is -2.10. The zero-order valence-corrected chi connectivity index (χ0v) is 16.6. The van der Waals surface area contributed by atoms with Gasteiger partial charge in [0.25, 0.3) is 0 Å². The van der Waals surface area contributed by atoms with E-state index in [9.17, 15) is 0 Å². The molecule has 1 aromatic carbocycles. The van der Waals surface area contributed by atoms with Crippen LogP contribution in [0.1, 0.15) is 57.6 Å². The maximum absolute atomic E-state index is 6.12. The SMILES string of the molecule is COc1cc(CCN)c(OCCC(C)CCCC(C)C)cc1CCN. The molecule has 0 aliphatic carbocycles. The van der Waals surface area contributed by atoms with Gasteiger partial charge in [0.15, 0.2) is 0 Å². The average Bonchev–Trinajstić information content (AvgIpc) is 2.56. The van der Waals surface area contributed by atoms with E-state index >= 15 is 0 Å². The zero-order valence-electron chi connectivity index (χ0n) is 16.6. The molecule has 0 saturated heterocycles. The highest BCUT2D eigenvalue weighted by molar-refractivity contribution is 5.47. The minimum absolute atomic E-state index is 0.596. The van der Waals surface area contributed by atoms with E-state index in [2.05, 4.69) is 32.9 Å². The Hall–Kier alpha value is -1.26. The van der Waals surface area contributed by atoms with E-state index in [1.165, 1.54) is 19.3 Å². The molecular weight excluding hydrogens is 312 g/mol. The zero-order chi connectivity index (χ0) is 18.7. The predicted octanol–water partition coefficient (Wildman–Crippen LogP) is 3.93. The summed E-state index contributed by atoms with van der Waals surface area (Å²) in [5.41, 5.74) is 13.7. The highest BCUT2D eigenvalue weighted by Crippen LogP contribution is 2.30. The monoisotopic (exact) mass is 350 g/mol. The molecule has 0 radical (unpaired) electrons. The van der Waals surface area contributed by atoms with Gasteiger partial charge in [-0.1, -0.05) is 40.0 Å². The van der Waals surface area contributed by atoms with Crippen molar-refractivity contribution >= 4 is 0 Å². The average molecular weight is 351 g/mol. The largest absolute Gasteiger partial charge is 0.496 e. The van der Waals surface area contributed by atoms with E-state index in [0.717, 1.165) is 54.4 Å².